The van der Waals surface area contributed by atoms with Gasteiger partial charge in [0.1, 0.15) is 11.6 Å². The minimum atomic E-state index is -0.191. The largest absolute Gasteiger partial charge is 0.357 e. The minimum Gasteiger partial charge on any atom is -0.357 e. The van der Waals surface area contributed by atoms with E-state index < -0.39 is 0 Å². The van der Waals surface area contributed by atoms with Gasteiger partial charge in [-0.3, -0.25) is 4.99 Å². The Bertz CT molecular complexity index is 717. The highest BCUT2D eigenvalue weighted by Gasteiger charge is 2.20. The Hall–Kier alpha value is -1.90. The normalized spacial score (nSPS) is 14.7. The smallest absolute Gasteiger partial charge is 0.194 e. The molecule has 1 aliphatic rings. The van der Waals surface area contributed by atoms with Gasteiger partial charge in [0.25, 0.3) is 0 Å². The Labute approximate surface area is 177 Å². The zero-order chi connectivity index (χ0) is 18.2. The number of aromatic nitrogens is 1. The van der Waals surface area contributed by atoms with Crippen LogP contribution in [0.15, 0.2) is 53.7 Å². The van der Waals surface area contributed by atoms with Crippen LogP contribution in [0.1, 0.15) is 12.5 Å². The van der Waals surface area contributed by atoms with Gasteiger partial charge in [0, 0.05) is 45.5 Å². The summed E-state index contributed by atoms with van der Waals surface area (Å²) in [6, 6.07) is 12.7. The SMILES string of the molecule is CCNC(=NCCc1cccc(F)c1)N1CCN(c2ccccn2)CC1.I. The Kier molecular flexibility index (Phi) is 8.77. The molecule has 1 aromatic heterocycles. The number of piperazine rings is 1. The maximum atomic E-state index is 13.3. The van der Waals surface area contributed by atoms with E-state index in [9.17, 15) is 4.39 Å². The van der Waals surface area contributed by atoms with Crippen LogP contribution >= 0.6 is 24.0 Å². The molecule has 1 fully saturated rings. The number of hydrogen-bond donors (Lipinski definition) is 1. The number of guanidine groups is 1. The zero-order valence-corrected chi connectivity index (χ0v) is 18.0. The molecule has 0 saturated carbocycles. The van der Waals surface area contributed by atoms with E-state index >= 15 is 0 Å². The molecule has 1 saturated heterocycles. The van der Waals surface area contributed by atoms with Gasteiger partial charge in [-0.05, 0) is 43.2 Å². The van der Waals surface area contributed by atoms with Gasteiger partial charge in [0.15, 0.2) is 5.96 Å². The van der Waals surface area contributed by atoms with Gasteiger partial charge < -0.3 is 15.1 Å². The lowest BCUT2D eigenvalue weighted by Gasteiger charge is -2.37. The van der Waals surface area contributed by atoms with Crippen molar-refractivity contribution in [3.8, 4) is 0 Å². The molecule has 1 aliphatic heterocycles. The van der Waals surface area contributed by atoms with E-state index in [1.807, 2.05) is 30.5 Å². The van der Waals surface area contributed by atoms with Crippen LogP contribution in [0.3, 0.4) is 0 Å². The fourth-order valence-corrected chi connectivity index (χ4v) is 3.10. The second kappa shape index (κ2) is 11.1. The van der Waals surface area contributed by atoms with Crippen molar-refractivity contribution in [2.24, 2.45) is 4.99 Å². The second-order valence-electron chi connectivity index (χ2n) is 6.28. The molecule has 2 heterocycles. The van der Waals surface area contributed by atoms with E-state index in [0.29, 0.717) is 6.54 Å². The molecule has 1 aromatic carbocycles. The molecule has 0 bridgehead atoms. The molecular formula is C20H27FIN5. The molecule has 3 rings (SSSR count). The summed E-state index contributed by atoms with van der Waals surface area (Å²) in [5, 5.41) is 3.37. The van der Waals surface area contributed by atoms with E-state index in [4.69, 9.17) is 4.99 Å². The summed E-state index contributed by atoms with van der Waals surface area (Å²) in [6.45, 7) is 7.21. The molecule has 2 aromatic rings. The monoisotopic (exact) mass is 483 g/mol. The summed E-state index contributed by atoms with van der Waals surface area (Å²) in [5.41, 5.74) is 0.976. The van der Waals surface area contributed by atoms with Gasteiger partial charge in [-0.2, -0.15) is 0 Å². The van der Waals surface area contributed by atoms with Gasteiger partial charge in [0.05, 0.1) is 0 Å². The molecule has 146 valence electrons. The molecule has 0 radical (unpaired) electrons. The highest BCUT2D eigenvalue weighted by Crippen LogP contribution is 2.12. The molecule has 27 heavy (non-hydrogen) atoms. The number of aliphatic imine (C=N–C) groups is 1. The standard InChI is InChI=1S/C20H26FN5.HI/c1-2-22-20(24-11-9-17-6-5-7-18(21)16-17)26-14-12-25(13-15-26)19-8-3-4-10-23-19;/h3-8,10,16H,2,9,11-15H2,1H3,(H,22,24);1H. The average Bonchev–Trinajstić information content (AvgIpc) is 2.68. The van der Waals surface area contributed by atoms with Crippen molar-refractivity contribution in [2.45, 2.75) is 13.3 Å². The van der Waals surface area contributed by atoms with Crippen LogP contribution in [0.2, 0.25) is 0 Å². The highest BCUT2D eigenvalue weighted by molar-refractivity contribution is 14.0. The first-order chi connectivity index (χ1) is 12.8. The number of nitrogens with zero attached hydrogens (tertiary/aromatic N) is 4. The number of hydrogen-bond acceptors (Lipinski definition) is 3. The van der Waals surface area contributed by atoms with Crippen LogP contribution in [0.25, 0.3) is 0 Å². The number of benzene rings is 1. The van der Waals surface area contributed by atoms with Crippen molar-refractivity contribution in [3.63, 3.8) is 0 Å². The summed E-state index contributed by atoms with van der Waals surface area (Å²) >= 11 is 0. The third-order valence-corrected chi connectivity index (χ3v) is 4.44. The van der Waals surface area contributed by atoms with Crippen LogP contribution in [0, 0.1) is 5.82 Å². The van der Waals surface area contributed by atoms with E-state index in [2.05, 4.69) is 27.0 Å². The number of pyridine rings is 1. The predicted molar refractivity (Wildman–Crippen MR) is 120 cm³/mol. The predicted octanol–water partition coefficient (Wildman–Crippen LogP) is 3.17. The lowest BCUT2D eigenvalue weighted by atomic mass is 10.1. The molecule has 0 amide bonds. The fourth-order valence-electron chi connectivity index (χ4n) is 3.10. The summed E-state index contributed by atoms with van der Waals surface area (Å²) in [5.74, 6) is 1.77. The Balaban J connectivity index is 0.00000261. The number of halogens is 2. The summed E-state index contributed by atoms with van der Waals surface area (Å²) < 4.78 is 13.3. The lowest BCUT2D eigenvalue weighted by molar-refractivity contribution is 0.371. The van der Waals surface area contributed by atoms with Gasteiger partial charge in [-0.1, -0.05) is 18.2 Å². The van der Waals surface area contributed by atoms with Crippen molar-refractivity contribution < 1.29 is 4.39 Å². The quantitative estimate of drug-likeness (QED) is 0.403. The van der Waals surface area contributed by atoms with Crippen LogP contribution in [-0.2, 0) is 6.42 Å². The Morgan fingerprint density at radius 3 is 2.63 bits per heavy atom. The van der Waals surface area contributed by atoms with E-state index in [0.717, 1.165) is 56.5 Å². The summed E-state index contributed by atoms with van der Waals surface area (Å²) in [7, 11) is 0. The van der Waals surface area contributed by atoms with Crippen LogP contribution in [-0.4, -0.2) is 55.1 Å². The van der Waals surface area contributed by atoms with Crippen molar-refractivity contribution in [1.82, 2.24) is 15.2 Å². The average molecular weight is 483 g/mol. The van der Waals surface area contributed by atoms with Gasteiger partial charge >= 0.3 is 0 Å². The molecule has 0 atom stereocenters. The highest BCUT2D eigenvalue weighted by atomic mass is 127. The lowest BCUT2D eigenvalue weighted by Crippen LogP contribution is -2.52. The molecule has 5 nitrogen and oxygen atoms in total. The zero-order valence-electron chi connectivity index (χ0n) is 15.6. The van der Waals surface area contributed by atoms with Gasteiger partial charge in [0.2, 0.25) is 0 Å². The maximum absolute atomic E-state index is 13.3. The van der Waals surface area contributed by atoms with Crippen molar-refractivity contribution >= 4 is 35.8 Å². The molecule has 7 heteroatoms. The number of nitrogens with one attached hydrogen (secondary N) is 1. The maximum Gasteiger partial charge on any atom is 0.194 e. The fraction of sp³-hybridized carbons (Fsp3) is 0.400. The first-order valence-electron chi connectivity index (χ1n) is 9.20. The third-order valence-electron chi connectivity index (χ3n) is 4.44. The van der Waals surface area contributed by atoms with Gasteiger partial charge in [-0.25, -0.2) is 9.37 Å². The first kappa shape index (κ1) is 21.4. The van der Waals surface area contributed by atoms with Crippen LogP contribution in [0.4, 0.5) is 10.2 Å². The molecule has 0 aliphatic carbocycles. The van der Waals surface area contributed by atoms with Gasteiger partial charge in [-0.15, -0.1) is 24.0 Å². The van der Waals surface area contributed by atoms with Crippen LogP contribution in [0.5, 0.6) is 0 Å². The third kappa shape index (κ3) is 6.34. The van der Waals surface area contributed by atoms with Crippen LogP contribution < -0.4 is 10.2 Å². The van der Waals surface area contributed by atoms with E-state index in [1.54, 1.807) is 12.1 Å². The Morgan fingerprint density at radius 2 is 1.96 bits per heavy atom. The molecule has 0 spiro atoms. The van der Waals surface area contributed by atoms with Crippen molar-refractivity contribution in [2.75, 3.05) is 44.2 Å². The Morgan fingerprint density at radius 1 is 1.15 bits per heavy atom. The topological polar surface area (TPSA) is 43.8 Å². The molecule has 0 unspecified atom stereocenters. The number of anilines is 1. The first-order valence-corrected chi connectivity index (χ1v) is 9.20. The summed E-state index contributed by atoms with van der Waals surface area (Å²) in [4.78, 5) is 13.7. The second-order valence-corrected chi connectivity index (χ2v) is 6.28. The van der Waals surface area contributed by atoms with Crippen molar-refractivity contribution in [1.29, 1.82) is 0 Å². The van der Waals surface area contributed by atoms with E-state index in [1.165, 1.54) is 6.07 Å². The minimum absolute atomic E-state index is 0. The summed E-state index contributed by atoms with van der Waals surface area (Å²) in [6.07, 6.45) is 2.57. The number of rotatable bonds is 5. The van der Waals surface area contributed by atoms with E-state index in [-0.39, 0.29) is 29.8 Å². The molecular weight excluding hydrogens is 456 g/mol. The molecule has 1 N–H and O–H groups in total. The van der Waals surface area contributed by atoms with Crippen molar-refractivity contribution in [3.05, 3.63) is 60.0 Å².